The molecule has 0 radical (unpaired) electrons. The molecule has 49 heavy (non-hydrogen) atoms. The summed E-state index contributed by atoms with van der Waals surface area (Å²) < 4.78 is 34.1. The molecule has 0 heterocycles. The fraction of sp³-hybridized carbons (Fsp3) is 0.846. The van der Waals surface area contributed by atoms with Crippen LogP contribution in [-0.4, -0.2) is 74.9 Å². The van der Waals surface area contributed by atoms with Crippen LogP contribution in [0, 0.1) is 0 Å². The minimum Gasteiger partial charge on any atom is -0.462 e. The number of phosphoric ester groups is 1. The first-order valence-electron chi connectivity index (χ1n) is 19.6. The summed E-state index contributed by atoms with van der Waals surface area (Å²) in [5.41, 5.74) is 0. The van der Waals surface area contributed by atoms with E-state index in [-0.39, 0.29) is 32.0 Å². The Kier molecular flexibility index (Phi) is 31.4. The lowest BCUT2D eigenvalue weighted by Gasteiger charge is -2.24. The Bertz CT molecular complexity index is 902. The van der Waals surface area contributed by atoms with Gasteiger partial charge >= 0.3 is 19.8 Å². The standard InChI is InChI=1S/C39H74NO8P/c1-6-8-10-12-14-16-18-19-20-22-23-25-27-29-31-38(41)45-35-37(36-47-49(43,44)46-34-33-40(3,4)5)48-39(42)32-30-28-26-24-21-17-15-13-11-9-7-2/h12,14,18-19,37H,6-11,13,15-17,20-36H2,1-5H3/p+1/b14-12-,19-18-/t37-/m1/s1. The van der Waals surface area contributed by atoms with Crippen LogP contribution in [0.5, 0.6) is 0 Å². The smallest absolute Gasteiger partial charge is 0.462 e. The van der Waals surface area contributed by atoms with E-state index in [0.29, 0.717) is 17.4 Å². The van der Waals surface area contributed by atoms with Crippen LogP contribution < -0.4 is 0 Å². The molecule has 0 aromatic rings. The number of quaternary nitrogens is 1. The molecular formula is C39H75NO8P+. The summed E-state index contributed by atoms with van der Waals surface area (Å²) in [5, 5.41) is 0. The van der Waals surface area contributed by atoms with Gasteiger partial charge in [0.25, 0.3) is 0 Å². The van der Waals surface area contributed by atoms with E-state index in [9.17, 15) is 19.0 Å². The highest BCUT2D eigenvalue weighted by atomic mass is 31.2. The average Bonchev–Trinajstić information content (AvgIpc) is 3.04. The minimum atomic E-state index is -4.37. The lowest BCUT2D eigenvalue weighted by molar-refractivity contribution is -0.870. The molecule has 0 rings (SSSR count). The number of esters is 2. The second kappa shape index (κ2) is 32.4. The Morgan fingerprint density at radius 2 is 1.12 bits per heavy atom. The third-order valence-corrected chi connectivity index (χ3v) is 9.22. The third-order valence-electron chi connectivity index (χ3n) is 8.23. The van der Waals surface area contributed by atoms with Gasteiger partial charge in [0.05, 0.1) is 27.7 Å². The lowest BCUT2D eigenvalue weighted by Crippen LogP contribution is -2.37. The van der Waals surface area contributed by atoms with Gasteiger partial charge in [-0.05, 0) is 38.5 Å². The highest BCUT2D eigenvalue weighted by Crippen LogP contribution is 2.43. The zero-order valence-corrected chi connectivity index (χ0v) is 33.1. The molecule has 9 nitrogen and oxygen atoms in total. The van der Waals surface area contributed by atoms with Gasteiger partial charge in [0.15, 0.2) is 6.10 Å². The number of carbonyl (C=O) groups excluding carboxylic acids is 2. The van der Waals surface area contributed by atoms with E-state index < -0.39 is 26.5 Å². The normalized spacial score (nSPS) is 14.0. The number of rotatable bonds is 35. The summed E-state index contributed by atoms with van der Waals surface area (Å²) in [6, 6.07) is 0. The SMILES string of the molecule is CCCC/C=C\C/C=C\CCCCCCCC(=O)OC[C@H](COP(=O)(O)OCC[N+](C)(C)C)OC(=O)CCCCCCCCCCCCC. The number of allylic oxidation sites excluding steroid dienone is 4. The summed E-state index contributed by atoms with van der Waals surface area (Å²) in [6.07, 6.45) is 32.2. The van der Waals surface area contributed by atoms with Crippen LogP contribution in [-0.2, 0) is 32.7 Å². The molecule has 0 spiro atoms. The van der Waals surface area contributed by atoms with Gasteiger partial charge < -0.3 is 18.9 Å². The summed E-state index contributed by atoms with van der Waals surface area (Å²) in [5.74, 6) is -0.815. The molecule has 0 bridgehead atoms. The van der Waals surface area contributed by atoms with Crippen molar-refractivity contribution in [2.24, 2.45) is 0 Å². The van der Waals surface area contributed by atoms with Crippen LogP contribution in [0.15, 0.2) is 24.3 Å². The van der Waals surface area contributed by atoms with E-state index >= 15 is 0 Å². The number of hydrogen-bond acceptors (Lipinski definition) is 7. The van der Waals surface area contributed by atoms with E-state index in [2.05, 4.69) is 38.2 Å². The van der Waals surface area contributed by atoms with E-state index in [0.717, 1.165) is 57.8 Å². The van der Waals surface area contributed by atoms with Gasteiger partial charge in [0.1, 0.15) is 19.8 Å². The number of unbranched alkanes of at least 4 members (excludes halogenated alkanes) is 17. The van der Waals surface area contributed by atoms with Gasteiger partial charge in [-0.3, -0.25) is 18.6 Å². The first-order chi connectivity index (χ1) is 23.5. The van der Waals surface area contributed by atoms with E-state index in [1.807, 2.05) is 21.1 Å². The number of carbonyl (C=O) groups is 2. The molecule has 0 aliphatic heterocycles. The first-order valence-corrected chi connectivity index (χ1v) is 21.1. The molecule has 0 aromatic heterocycles. The summed E-state index contributed by atoms with van der Waals surface area (Å²) in [6.45, 7) is 4.34. The summed E-state index contributed by atoms with van der Waals surface area (Å²) >= 11 is 0. The van der Waals surface area contributed by atoms with Crippen molar-refractivity contribution < 1.29 is 42.1 Å². The molecule has 10 heteroatoms. The summed E-state index contributed by atoms with van der Waals surface area (Å²) in [4.78, 5) is 35.2. The van der Waals surface area contributed by atoms with Gasteiger partial charge in [-0.2, -0.15) is 0 Å². The maximum Gasteiger partial charge on any atom is 0.472 e. The van der Waals surface area contributed by atoms with Crippen LogP contribution in [0.25, 0.3) is 0 Å². The minimum absolute atomic E-state index is 0.0308. The van der Waals surface area contributed by atoms with Crippen LogP contribution >= 0.6 is 7.82 Å². The fourth-order valence-corrected chi connectivity index (χ4v) is 5.83. The van der Waals surface area contributed by atoms with Crippen molar-refractivity contribution in [3.05, 3.63) is 24.3 Å². The number of ether oxygens (including phenoxy) is 2. The zero-order valence-electron chi connectivity index (χ0n) is 32.2. The van der Waals surface area contributed by atoms with Crippen LogP contribution in [0.4, 0.5) is 0 Å². The van der Waals surface area contributed by atoms with Crippen LogP contribution in [0.2, 0.25) is 0 Å². The third kappa shape index (κ3) is 36.1. The first kappa shape index (κ1) is 47.5. The largest absolute Gasteiger partial charge is 0.472 e. The number of nitrogens with zero attached hydrogens (tertiary/aromatic N) is 1. The predicted octanol–water partition coefficient (Wildman–Crippen LogP) is 10.4. The van der Waals surface area contributed by atoms with Gasteiger partial charge in [0, 0.05) is 12.8 Å². The van der Waals surface area contributed by atoms with Gasteiger partial charge in [-0.1, -0.05) is 134 Å². The Morgan fingerprint density at radius 1 is 0.633 bits per heavy atom. The van der Waals surface area contributed by atoms with Crippen LogP contribution in [0.1, 0.15) is 162 Å². The topological polar surface area (TPSA) is 108 Å². The second-order valence-corrected chi connectivity index (χ2v) is 15.8. The second-order valence-electron chi connectivity index (χ2n) is 14.3. The average molecular weight is 717 g/mol. The predicted molar refractivity (Wildman–Crippen MR) is 201 cm³/mol. The maximum atomic E-state index is 12.6. The van der Waals surface area contributed by atoms with Crippen molar-refractivity contribution >= 4 is 19.8 Å². The van der Waals surface area contributed by atoms with Gasteiger partial charge in [-0.15, -0.1) is 0 Å². The molecule has 288 valence electrons. The Hall–Kier alpha value is -1.51. The quantitative estimate of drug-likeness (QED) is 0.0227. The molecule has 0 aliphatic rings. The molecular weight excluding hydrogens is 641 g/mol. The Morgan fingerprint density at radius 3 is 1.67 bits per heavy atom. The lowest BCUT2D eigenvalue weighted by atomic mass is 10.1. The summed E-state index contributed by atoms with van der Waals surface area (Å²) in [7, 11) is 1.47. The zero-order chi connectivity index (χ0) is 36.5. The van der Waals surface area contributed by atoms with Gasteiger partial charge in [-0.25, -0.2) is 4.57 Å². The molecule has 0 amide bonds. The molecule has 0 aliphatic carbocycles. The number of hydrogen-bond donors (Lipinski definition) is 1. The van der Waals surface area contributed by atoms with Crippen molar-refractivity contribution in [1.29, 1.82) is 0 Å². The molecule has 0 fully saturated rings. The Labute approximate surface area is 300 Å². The highest BCUT2D eigenvalue weighted by Gasteiger charge is 2.27. The molecule has 1 N–H and O–H groups in total. The highest BCUT2D eigenvalue weighted by molar-refractivity contribution is 7.47. The molecule has 0 saturated carbocycles. The maximum absolute atomic E-state index is 12.6. The fourth-order valence-electron chi connectivity index (χ4n) is 5.09. The van der Waals surface area contributed by atoms with Crippen molar-refractivity contribution in [1.82, 2.24) is 0 Å². The molecule has 0 aromatic carbocycles. The van der Waals surface area contributed by atoms with E-state index in [4.69, 9.17) is 18.5 Å². The Balaban J connectivity index is 4.44. The van der Waals surface area contributed by atoms with Crippen molar-refractivity contribution in [3.63, 3.8) is 0 Å². The van der Waals surface area contributed by atoms with Gasteiger partial charge in [0.2, 0.25) is 0 Å². The van der Waals surface area contributed by atoms with Crippen molar-refractivity contribution in [2.75, 3.05) is 47.5 Å². The molecule has 0 saturated heterocycles. The monoisotopic (exact) mass is 717 g/mol. The molecule has 2 atom stereocenters. The number of phosphoric acid groups is 1. The molecule has 1 unspecified atom stereocenters. The van der Waals surface area contributed by atoms with E-state index in [1.165, 1.54) is 70.6 Å². The van der Waals surface area contributed by atoms with Crippen molar-refractivity contribution in [2.45, 2.75) is 168 Å². The van der Waals surface area contributed by atoms with Crippen molar-refractivity contribution in [3.8, 4) is 0 Å². The van der Waals surface area contributed by atoms with Crippen LogP contribution in [0.3, 0.4) is 0 Å². The number of likely N-dealkylation sites (N-methyl/N-ethyl adjacent to an activating group) is 1. The van der Waals surface area contributed by atoms with E-state index in [1.54, 1.807) is 0 Å².